The summed E-state index contributed by atoms with van der Waals surface area (Å²) in [6.07, 6.45) is -0.0527. The number of halogens is 1. The number of carbonyl (C=O) groups is 1. The van der Waals surface area contributed by atoms with E-state index < -0.39 is 11.8 Å². The Balaban J connectivity index is 1.81. The molecule has 110 valence electrons. The average molecular weight is 290 g/mol. The van der Waals surface area contributed by atoms with Crippen LogP contribution in [0, 0.1) is 5.82 Å². The van der Waals surface area contributed by atoms with Crippen LogP contribution in [-0.4, -0.2) is 24.3 Å². The minimum atomic E-state index is -0.893. The first kappa shape index (κ1) is 14.8. The minimum Gasteiger partial charge on any atom is -0.490 e. The van der Waals surface area contributed by atoms with Gasteiger partial charge in [0, 0.05) is 0 Å². The summed E-state index contributed by atoms with van der Waals surface area (Å²) in [5.41, 5.74) is 0.662. The molecule has 4 nitrogen and oxygen atoms in total. The number of ether oxygens (including phenoxy) is 2. The standard InChI is InChI=1S/C16H15FO4/c17-14-6-1-2-7-15(14)21-9-8-20-13-5-3-4-12(10-13)11-16(18)19/h1-7,10H,8-9,11H2,(H,18,19). The summed E-state index contributed by atoms with van der Waals surface area (Å²) in [4.78, 5) is 10.6. The molecule has 21 heavy (non-hydrogen) atoms. The zero-order valence-electron chi connectivity index (χ0n) is 11.3. The molecule has 0 aromatic heterocycles. The highest BCUT2D eigenvalue weighted by Gasteiger charge is 2.03. The normalized spacial score (nSPS) is 10.1. The molecule has 0 aliphatic carbocycles. The Morgan fingerprint density at radius 3 is 2.57 bits per heavy atom. The molecule has 0 bridgehead atoms. The van der Waals surface area contributed by atoms with E-state index in [1.54, 1.807) is 42.5 Å². The van der Waals surface area contributed by atoms with Crippen molar-refractivity contribution in [2.75, 3.05) is 13.2 Å². The van der Waals surface area contributed by atoms with Crippen molar-refractivity contribution in [1.82, 2.24) is 0 Å². The third kappa shape index (κ3) is 4.80. The van der Waals surface area contributed by atoms with Crippen molar-refractivity contribution < 1.29 is 23.8 Å². The summed E-state index contributed by atoms with van der Waals surface area (Å²) < 4.78 is 24.0. The fourth-order valence-electron chi connectivity index (χ4n) is 1.79. The van der Waals surface area contributed by atoms with Crippen molar-refractivity contribution in [3.8, 4) is 11.5 Å². The molecule has 2 aromatic rings. The van der Waals surface area contributed by atoms with Gasteiger partial charge in [-0.3, -0.25) is 4.79 Å². The lowest BCUT2D eigenvalue weighted by molar-refractivity contribution is -0.136. The summed E-state index contributed by atoms with van der Waals surface area (Å²) in [5.74, 6) is -0.567. The topological polar surface area (TPSA) is 55.8 Å². The Hall–Kier alpha value is -2.56. The molecule has 0 radical (unpaired) electrons. The second-order valence-electron chi connectivity index (χ2n) is 4.35. The maximum Gasteiger partial charge on any atom is 0.307 e. The zero-order chi connectivity index (χ0) is 15.1. The quantitative estimate of drug-likeness (QED) is 0.797. The highest BCUT2D eigenvalue weighted by atomic mass is 19.1. The molecule has 1 N–H and O–H groups in total. The molecule has 0 saturated carbocycles. The van der Waals surface area contributed by atoms with Gasteiger partial charge in [0.2, 0.25) is 0 Å². The van der Waals surface area contributed by atoms with Crippen LogP contribution in [0.3, 0.4) is 0 Å². The van der Waals surface area contributed by atoms with Crippen LogP contribution in [0.1, 0.15) is 5.56 Å². The first-order valence-electron chi connectivity index (χ1n) is 6.46. The van der Waals surface area contributed by atoms with E-state index in [0.29, 0.717) is 11.3 Å². The molecule has 0 aliphatic rings. The fraction of sp³-hybridized carbons (Fsp3) is 0.188. The monoisotopic (exact) mass is 290 g/mol. The first-order chi connectivity index (χ1) is 10.1. The molecule has 0 atom stereocenters. The number of hydrogen-bond donors (Lipinski definition) is 1. The molecular weight excluding hydrogens is 275 g/mol. The second kappa shape index (κ2) is 7.28. The van der Waals surface area contributed by atoms with Crippen LogP contribution in [0.15, 0.2) is 48.5 Å². The van der Waals surface area contributed by atoms with Crippen LogP contribution in [0.5, 0.6) is 11.5 Å². The van der Waals surface area contributed by atoms with E-state index in [1.165, 1.54) is 6.07 Å². The van der Waals surface area contributed by atoms with Gasteiger partial charge in [0.05, 0.1) is 6.42 Å². The van der Waals surface area contributed by atoms with Crippen molar-refractivity contribution in [3.63, 3.8) is 0 Å². The predicted octanol–water partition coefficient (Wildman–Crippen LogP) is 2.91. The van der Waals surface area contributed by atoms with E-state index in [1.807, 2.05) is 0 Å². The maximum absolute atomic E-state index is 13.3. The number of carboxylic acid groups (broad SMARTS) is 1. The summed E-state index contributed by atoms with van der Waals surface area (Å²) in [7, 11) is 0. The van der Waals surface area contributed by atoms with E-state index in [9.17, 15) is 9.18 Å². The second-order valence-corrected chi connectivity index (χ2v) is 4.35. The Kier molecular flexibility index (Phi) is 5.15. The van der Waals surface area contributed by atoms with Crippen LogP contribution in [0.2, 0.25) is 0 Å². The largest absolute Gasteiger partial charge is 0.490 e. The van der Waals surface area contributed by atoms with Gasteiger partial charge < -0.3 is 14.6 Å². The average Bonchev–Trinajstić information content (AvgIpc) is 2.45. The molecule has 5 heteroatoms. The zero-order valence-corrected chi connectivity index (χ0v) is 11.3. The lowest BCUT2D eigenvalue weighted by Crippen LogP contribution is -2.10. The van der Waals surface area contributed by atoms with Crippen LogP contribution in [-0.2, 0) is 11.2 Å². The molecule has 0 spiro atoms. The Morgan fingerprint density at radius 1 is 1.05 bits per heavy atom. The maximum atomic E-state index is 13.3. The Morgan fingerprint density at radius 2 is 1.81 bits per heavy atom. The van der Waals surface area contributed by atoms with Crippen molar-refractivity contribution in [2.24, 2.45) is 0 Å². The van der Waals surface area contributed by atoms with Gasteiger partial charge >= 0.3 is 5.97 Å². The van der Waals surface area contributed by atoms with Gasteiger partial charge in [0.1, 0.15) is 19.0 Å². The molecule has 0 amide bonds. The molecular formula is C16H15FO4. The van der Waals surface area contributed by atoms with E-state index in [-0.39, 0.29) is 25.4 Å². The minimum absolute atomic E-state index is 0.0527. The fourth-order valence-corrected chi connectivity index (χ4v) is 1.79. The summed E-state index contributed by atoms with van der Waals surface area (Å²) in [6.45, 7) is 0.439. The lowest BCUT2D eigenvalue weighted by atomic mass is 10.1. The first-order valence-corrected chi connectivity index (χ1v) is 6.46. The highest BCUT2D eigenvalue weighted by Crippen LogP contribution is 2.16. The molecule has 0 saturated heterocycles. The highest BCUT2D eigenvalue weighted by molar-refractivity contribution is 5.70. The van der Waals surface area contributed by atoms with Gasteiger partial charge in [-0.25, -0.2) is 4.39 Å². The molecule has 0 fully saturated rings. The Labute approximate surface area is 121 Å². The SMILES string of the molecule is O=C(O)Cc1cccc(OCCOc2ccccc2F)c1. The van der Waals surface area contributed by atoms with Gasteiger partial charge in [0.15, 0.2) is 11.6 Å². The van der Waals surface area contributed by atoms with Gasteiger partial charge in [-0.2, -0.15) is 0 Å². The molecule has 2 rings (SSSR count). The smallest absolute Gasteiger partial charge is 0.307 e. The number of carboxylic acids is 1. The number of aliphatic carboxylic acids is 1. The summed E-state index contributed by atoms with van der Waals surface area (Å²) in [5, 5.41) is 8.73. The van der Waals surface area contributed by atoms with Crippen LogP contribution < -0.4 is 9.47 Å². The van der Waals surface area contributed by atoms with Crippen LogP contribution in [0.25, 0.3) is 0 Å². The predicted molar refractivity (Wildman–Crippen MR) is 75.2 cm³/mol. The van der Waals surface area contributed by atoms with Crippen molar-refractivity contribution in [1.29, 1.82) is 0 Å². The molecule has 0 heterocycles. The van der Waals surface area contributed by atoms with E-state index in [0.717, 1.165) is 0 Å². The summed E-state index contributed by atoms with van der Waals surface area (Å²) in [6, 6.07) is 13.0. The Bertz CT molecular complexity index is 613. The third-order valence-corrected chi connectivity index (χ3v) is 2.70. The van der Waals surface area contributed by atoms with Crippen molar-refractivity contribution in [3.05, 3.63) is 59.9 Å². The van der Waals surface area contributed by atoms with E-state index in [2.05, 4.69) is 0 Å². The number of rotatable bonds is 7. The number of benzene rings is 2. The van der Waals surface area contributed by atoms with Crippen LogP contribution >= 0.6 is 0 Å². The summed E-state index contributed by atoms with van der Waals surface area (Å²) >= 11 is 0. The lowest BCUT2D eigenvalue weighted by Gasteiger charge is -2.09. The number of para-hydroxylation sites is 1. The van der Waals surface area contributed by atoms with Crippen molar-refractivity contribution in [2.45, 2.75) is 6.42 Å². The van der Waals surface area contributed by atoms with Crippen LogP contribution in [0.4, 0.5) is 4.39 Å². The number of hydrogen-bond acceptors (Lipinski definition) is 3. The van der Waals surface area contributed by atoms with E-state index in [4.69, 9.17) is 14.6 Å². The van der Waals surface area contributed by atoms with Gasteiger partial charge in [-0.1, -0.05) is 24.3 Å². The third-order valence-electron chi connectivity index (χ3n) is 2.70. The van der Waals surface area contributed by atoms with Gasteiger partial charge in [0.25, 0.3) is 0 Å². The molecule has 0 unspecified atom stereocenters. The van der Waals surface area contributed by atoms with Gasteiger partial charge in [-0.05, 0) is 29.8 Å². The van der Waals surface area contributed by atoms with Crippen molar-refractivity contribution >= 4 is 5.97 Å². The molecule has 0 aliphatic heterocycles. The van der Waals surface area contributed by atoms with Gasteiger partial charge in [-0.15, -0.1) is 0 Å². The molecule has 2 aromatic carbocycles. The van der Waals surface area contributed by atoms with E-state index >= 15 is 0 Å².